The van der Waals surface area contributed by atoms with Crippen LogP contribution in [0.15, 0.2) is 109 Å². The van der Waals surface area contributed by atoms with Gasteiger partial charge in [0.2, 0.25) is 0 Å². The molecule has 0 atom stereocenters. The molecule has 0 amide bonds. The molecule has 52 heavy (non-hydrogen) atoms. The van der Waals surface area contributed by atoms with Gasteiger partial charge >= 0.3 is 0 Å². The molecule has 4 aromatic rings. The molecule has 0 radical (unpaired) electrons. The summed E-state index contributed by atoms with van der Waals surface area (Å²) in [5, 5.41) is 0. The lowest BCUT2D eigenvalue weighted by atomic mass is 9.95. The Kier molecular flexibility index (Phi) is 13.7. The van der Waals surface area contributed by atoms with Gasteiger partial charge in [-0.2, -0.15) is 0 Å². The molecule has 0 saturated heterocycles. The fourth-order valence-corrected chi connectivity index (χ4v) is 7.91. The van der Waals surface area contributed by atoms with Crippen LogP contribution < -0.4 is 9.47 Å². The number of hydrogen-bond donors (Lipinski definition) is 0. The lowest BCUT2D eigenvalue weighted by Crippen LogP contribution is -2.12. The monoisotopic (exact) mass is 692 g/mol. The van der Waals surface area contributed by atoms with Crippen molar-refractivity contribution in [1.29, 1.82) is 0 Å². The molecule has 0 unspecified atom stereocenters. The van der Waals surface area contributed by atoms with Crippen LogP contribution in [0.3, 0.4) is 0 Å². The van der Waals surface area contributed by atoms with Gasteiger partial charge in [0, 0.05) is 0 Å². The SMILES string of the molecule is CCCCC(CCCC)COc1ccc(C2=C/C(=C3/C=C(c4ccc(OCC(CCCC)CCCC)cc4)c4ccccc43)c3ccccc32)cc1. The zero-order valence-electron chi connectivity index (χ0n) is 32.3. The average Bonchev–Trinajstić information content (AvgIpc) is 3.77. The Hall–Kier alpha value is -4.30. The maximum Gasteiger partial charge on any atom is 0.119 e. The van der Waals surface area contributed by atoms with E-state index in [9.17, 15) is 0 Å². The van der Waals surface area contributed by atoms with Crippen molar-refractivity contribution >= 4 is 22.3 Å². The quantitative estimate of drug-likeness (QED) is 0.0918. The number of rotatable bonds is 20. The highest BCUT2D eigenvalue weighted by atomic mass is 16.5. The van der Waals surface area contributed by atoms with Gasteiger partial charge in [-0.3, -0.25) is 0 Å². The van der Waals surface area contributed by atoms with E-state index in [2.05, 4.69) is 137 Å². The topological polar surface area (TPSA) is 18.5 Å². The molecule has 4 aromatic carbocycles. The van der Waals surface area contributed by atoms with E-state index >= 15 is 0 Å². The summed E-state index contributed by atoms with van der Waals surface area (Å²) in [6, 6.07) is 35.3. The van der Waals surface area contributed by atoms with Crippen molar-refractivity contribution in [3.05, 3.63) is 143 Å². The number of fused-ring (bicyclic) bond motifs is 2. The smallest absolute Gasteiger partial charge is 0.119 e. The minimum Gasteiger partial charge on any atom is -0.493 e. The maximum absolute atomic E-state index is 6.36. The van der Waals surface area contributed by atoms with Crippen LogP contribution in [0.2, 0.25) is 0 Å². The van der Waals surface area contributed by atoms with Gasteiger partial charge in [0.25, 0.3) is 0 Å². The summed E-state index contributed by atoms with van der Waals surface area (Å²) in [6.07, 6.45) is 19.9. The van der Waals surface area contributed by atoms with E-state index < -0.39 is 0 Å². The first-order valence-electron chi connectivity index (χ1n) is 20.5. The summed E-state index contributed by atoms with van der Waals surface area (Å²) in [5.41, 5.74) is 12.7. The van der Waals surface area contributed by atoms with Crippen molar-refractivity contribution in [2.24, 2.45) is 11.8 Å². The van der Waals surface area contributed by atoms with E-state index in [0.717, 1.165) is 24.7 Å². The number of benzene rings is 4. The second-order valence-corrected chi connectivity index (χ2v) is 15.0. The molecule has 2 aliphatic carbocycles. The zero-order chi connectivity index (χ0) is 36.1. The van der Waals surface area contributed by atoms with Gasteiger partial charge in [0.15, 0.2) is 0 Å². The van der Waals surface area contributed by atoms with Crippen LogP contribution in [-0.4, -0.2) is 13.2 Å². The first-order chi connectivity index (χ1) is 25.6. The Balaban J connectivity index is 1.24. The first kappa shape index (κ1) is 37.5. The third-order valence-corrected chi connectivity index (χ3v) is 11.0. The molecule has 6 rings (SSSR count). The predicted octanol–water partition coefficient (Wildman–Crippen LogP) is 14.2. The summed E-state index contributed by atoms with van der Waals surface area (Å²) in [6.45, 7) is 10.7. The maximum atomic E-state index is 6.36. The molecule has 0 aromatic heterocycles. The van der Waals surface area contributed by atoms with Crippen LogP contribution in [0.1, 0.15) is 138 Å². The highest BCUT2D eigenvalue weighted by molar-refractivity contribution is 6.16. The molecule has 0 aliphatic heterocycles. The molecule has 272 valence electrons. The molecule has 0 N–H and O–H groups in total. The van der Waals surface area contributed by atoms with Gasteiger partial charge in [-0.1, -0.05) is 152 Å². The van der Waals surface area contributed by atoms with Crippen LogP contribution in [0.5, 0.6) is 11.5 Å². The van der Waals surface area contributed by atoms with Gasteiger partial charge in [-0.15, -0.1) is 0 Å². The van der Waals surface area contributed by atoms with E-state index in [1.54, 1.807) is 0 Å². The van der Waals surface area contributed by atoms with Crippen molar-refractivity contribution in [1.82, 2.24) is 0 Å². The Bertz CT molecular complexity index is 1670. The molecule has 0 heterocycles. The molecule has 0 fully saturated rings. The Morgan fingerprint density at radius 2 is 0.731 bits per heavy atom. The minimum absolute atomic E-state index is 0.639. The van der Waals surface area contributed by atoms with Crippen molar-refractivity contribution in [2.75, 3.05) is 13.2 Å². The average molecular weight is 693 g/mol. The molecular weight excluding hydrogens is 633 g/mol. The van der Waals surface area contributed by atoms with Crippen molar-refractivity contribution in [3.63, 3.8) is 0 Å². The molecule has 0 saturated carbocycles. The van der Waals surface area contributed by atoms with Gasteiger partial charge in [-0.25, -0.2) is 0 Å². The second kappa shape index (κ2) is 19.0. The van der Waals surface area contributed by atoms with Crippen LogP contribution in [0, 0.1) is 11.8 Å². The van der Waals surface area contributed by atoms with Crippen LogP contribution in [0.25, 0.3) is 22.3 Å². The van der Waals surface area contributed by atoms with E-state index in [0.29, 0.717) is 11.8 Å². The normalized spacial score (nSPS) is 14.8. The number of ether oxygens (including phenoxy) is 2. The summed E-state index contributed by atoms with van der Waals surface area (Å²) >= 11 is 0. The summed E-state index contributed by atoms with van der Waals surface area (Å²) in [7, 11) is 0. The van der Waals surface area contributed by atoms with Gasteiger partial charge < -0.3 is 9.47 Å². The van der Waals surface area contributed by atoms with E-state index in [4.69, 9.17) is 9.47 Å². The number of allylic oxidation sites excluding steroid dienone is 4. The third kappa shape index (κ3) is 9.19. The molecule has 0 spiro atoms. The fourth-order valence-electron chi connectivity index (χ4n) is 7.91. The largest absolute Gasteiger partial charge is 0.493 e. The molecule has 2 heteroatoms. The van der Waals surface area contributed by atoms with E-state index in [-0.39, 0.29) is 0 Å². The van der Waals surface area contributed by atoms with E-state index in [1.165, 1.54) is 133 Å². The van der Waals surface area contributed by atoms with Gasteiger partial charge in [0.1, 0.15) is 11.5 Å². The highest BCUT2D eigenvalue weighted by Crippen LogP contribution is 2.48. The zero-order valence-corrected chi connectivity index (χ0v) is 32.3. The standard InChI is InChI=1S/C50H60O2/c1-5-9-17-37(18-10-6-2)35-51-41-29-25-39(26-30-41)47-33-49(45-23-15-13-21-43(45)47)50-34-48(44-22-14-16-24-46(44)50)40-27-31-42(32-28-40)52-36-38(19-11-7-3)20-12-8-4/h13-16,21-34,37-38H,5-12,17-20,35-36H2,1-4H3/b50-49+. The van der Waals surface area contributed by atoms with Crippen LogP contribution >= 0.6 is 0 Å². The lowest BCUT2D eigenvalue weighted by Gasteiger charge is -2.17. The van der Waals surface area contributed by atoms with Crippen LogP contribution in [0.4, 0.5) is 0 Å². The van der Waals surface area contributed by atoms with Gasteiger partial charge in [0.05, 0.1) is 13.2 Å². The summed E-state index contributed by atoms with van der Waals surface area (Å²) in [5.74, 6) is 3.21. The Morgan fingerprint density at radius 1 is 0.404 bits per heavy atom. The van der Waals surface area contributed by atoms with Crippen molar-refractivity contribution < 1.29 is 9.47 Å². The Morgan fingerprint density at radius 3 is 1.06 bits per heavy atom. The molecule has 2 aliphatic rings. The number of unbranched alkanes of at least 4 members (excludes halogenated alkanes) is 4. The molecule has 2 nitrogen and oxygen atoms in total. The van der Waals surface area contributed by atoms with Crippen molar-refractivity contribution in [3.8, 4) is 11.5 Å². The number of hydrogen-bond acceptors (Lipinski definition) is 2. The van der Waals surface area contributed by atoms with E-state index in [1.807, 2.05) is 0 Å². The predicted molar refractivity (Wildman–Crippen MR) is 223 cm³/mol. The minimum atomic E-state index is 0.639. The van der Waals surface area contributed by atoms with Crippen LogP contribution in [-0.2, 0) is 0 Å². The second-order valence-electron chi connectivity index (χ2n) is 15.0. The third-order valence-electron chi connectivity index (χ3n) is 11.0. The fraction of sp³-hybridized carbons (Fsp3) is 0.400. The highest BCUT2D eigenvalue weighted by Gasteiger charge is 2.27. The Labute approximate surface area is 314 Å². The lowest BCUT2D eigenvalue weighted by molar-refractivity contribution is 0.226. The van der Waals surface area contributed by atoms with Crippen molar-refractivity contribution in [2.45, 2.75) is 105 Å². The summed E-state index contributed by atoms with van der Waals surface area (Å²) < 4.78 is 12.7. The molecular formula is C50H60O2. The van der Waals surface area contributed by atoms with Gasteiger partial charge in [-0.05, 0) is 130 Å². The first-order valence-corrected chi connectivity index (χ1v) is 20.5. The molecule has 0 bridgehead atoms. The summed E-state index contributed by atoms with van der Waals surface area (Å²) in [4.78, 5) is 0.